The van der Waals surface area contributed by atoms with E-state index in [0.717, 1.165) is 44.9 Å². The maximum Gasteiger partial charge on any atom is 0.156 e. The predicted molar refractivity (Wildman–Crippen MR) is 85.9 cm³/mol. The number of fused-ring (bicyclic) bond motifs is 1. The second-order valence-corrected chi connectivity index (χ2v) is 6.29. The number of hydrogen-bond acceptors (Lipinski definition) is 6. The van der Waals surface area contributed by atoms with Crippen LogP contribution in [0, 0.1) is 0 Å². The van der Waals surface area contributed by atoms with Crippen LogP contribution in [0.25, 0.3) is 0 Å². The summed E-state index contributed by atoms with van der Waals surface area (Å²) in [6.45, 7) is 5.34. The van der Waals surface area contributed by atoms with Gasteiger partial charge in [0.25, 0.3) is 0 Å². The van der Waals surface area contributed by atoms with Crippen molar-refractivity contribution in [2.45, 2.75) is 25.1 Å². The second-order valence-electron chi connectivity index (χ2n) is 6.29. The zero-order chi connectivity index (χ0) is 15.5. The zero-order valence-electron chi connectivity index (χ0n) is 13.1. The van der Waals surface area contributed by atoms with Crippen molar-refractivity contribution >= 4 is 0 Å². The van der Waals surface area contributed by atoms with Crippen molar-refractivity contribution in [3.63, 3.8) is 0 Å². The van der Waals surface area contributed by atoms with E-state index in [1.807, 2.05) is 12.4 Å². The number of nitrogens with zero attached hydrogens (tertiary/aromatic N) is 5. The third-order valence-electron chi connectivity index (χ3n) is 4.66. The van der Waals surface area contributed by atoms with E-state index in [0.29, 0.717) is 6.04 Å². The smallest absolute Gasteiger partial charge is 0.156 e. The summed E-state index contributed by atoms with van der Waals surface area (Å²) in [7, 11) is 0. The minimum Gasteiger partial charge on any atom is -0.486 e. The second kappa shape index (κ2) is 6.60. The predicted octanol–water partition coefficient (Wildman–Crippen LogP) is 1.21. The Hall–Kier alpha value is -2.05. The summed E-state index contributed by atoms with van der Waals surface area (Å²) < 4.78 is 6.03. The molecule has 6 nitrogen and oxygen atoms in total. The van der Waals surface area contributed by atoms with Gasteiger partial charge in [-0.25, -0.2) is 9.97 Å². The standard InChI is InChI=1S/C17H21N5O/c1-3-18-4-2-14(1)10-21-5-6-22-12-16(7-15(22)11-21)23-17-8-19-13-20-9-17/h1-4,8-9,13,15-16H,5-7,10-12H2/t15-,16-/m1/s1. The van der Waals surface area contributed by atoms with Crippen molar-refractivity contribution in [3.05, 3.63) is 48.8 Å². The van der Waals surface area contributed by atoms with Crippen LogP contribution in [-0.4, -0.2) is 63.1 Å². The van der Waals surface area contributed by atoms with Gasteiger partial charge in [0.15, 0.2) is 5.75 Å². The molecule has 0 bridgehead atoms. The van der Waals surface area contributed by atoms with Crippen molar-refractivity contribution in [2.24, 2.45) is 0 Å². The van der Waals surface area contributed by atoms with Gasteiger partial charge in [-0.3, -0.25) is 14.8 Å². The summed E-state index contributed by atoms with van der Waals surface area (Å²) in [5, 5.41) is 0. The van der Waals surface area contributed by atoms with E-state index in [1.54, 1.807) is 12.4 Å². The topological polar surface area (TPSA) is 54.4 Å². The van der Waals surface area contributed by atoms with Crippen LogP contribution in [0.1, 0.15) is 12.0 Å². The van der Waals surface area contributed by atoms with E-state index in [9.17, 15) is 0 Å². The third kappa shape index (κ3) is 3.48. The first-order valence-corrected chi connectivity index (χ1v) is 8.14. The minimum absolute atomic E-state index is 0.242. The van der Waals surface area contributed by atoms with Gasteiger partial charge in [-0.15, -0.1) is 0 Å². The highest BCUT2D eigenvalue weighted by Gasteiger charge is 2.37. The quantitative estimate of drug-likeness (QED) is 0.846. The van der Waals surface area contributed by atoms with Gasteiger partial charge in [0.1, 0.15) is 12.4 Å². The lowest BCUT2D eigenvalue weighted by atomic mass is 10.1. The summed E-state index contributed by atoms with van der Waals surface area (Å²) in [6, 6.07) is 4.78. The molecule has 0 amide bonds. The maximum atomic E-state index is 6.03. The first-order chi connectivity index (χ1) is 11.4. The van der Waals surface area contributed by atoms with Crippen LogP contribution < -0.4 is 4.74 Å². The molecule has 2 fully saturated rings. The van der Waals surface area contributed by atoms with E-state index in [1.165, 1.54) is 11.9 Å². The van der Waals surface area contributed by atoms with Gasteiger partial charge < -0.3 is 4.74 Å². The monoisotopic (exact) mass is 311 g/mol. The molecule has 4 heterocycles. The molecule has 4 rings (SSSR count). The fourth-order valence-corrected chi connectivity index (χ4v) is 3.57. The lowest BCUT2D eigenvalue weighted by Gasteiger charge is -2.37. The highest BCUT2D eigenvalue weighted by atomic mass is 16.5. The summed E-state index contributed by atoms with van der Waals surface area (Å²) in [6.07, 6.45) is 10.1. The van der Waals surface area contributed by atoms with E-state index < -0.39 is 0 Å². The average molecular weight is 311 g/mol. The third-order valence-corrected chi connectivity index (χ3v) is 4.66. The summed E-state index contributed by atoms with van der Waals surface area (Å²) >= 11 is 0. The number of piperazine rings is 1. The molecule has 2 aromatic rings. The minimum atomic E-state index is 0.242. The van der Waals surface area contributed by atoms with Crippen molar-refractivity contribution in [1.82, 2.24) is 24.8 Å². The van der Waals surface area contributed by atoms with Gasteiger partial charge >= 0.3 is 0 Å². The lowest BCUT2D eigenvalue weighted by molar-refractivity contribution is 0.0978. The summed E-state index contributed by atoms with van der Waals surface area (Å²) in [4.78, 5) is 17.2. The average Bonchev–Trinajstić information content (AvgIpc) is 2.98. The SMILES string of the molecule is c1cc(CN2CCN3C[C@H](Oc4cncnc4)C[C@@H]3C2)ccn1. The van der Waals surface area contributed by atoms with Gasteiger partial charge in [0, 0.05) is 57.6 Å². The fourth-order valence-electron chi connectivity index (χ4n) is 3.57. The first-order valence-electron chi connectivity index (χ1n) is 8.14. The van der Waals surface area contributed by atoms with Crippen LogP contribution in [0.5, 0.6) is 5.75 Å². The van der Waals surface area contributed by atoms with E-state index in [-0.39, 0.29) is 6.10 Å². The molecule has 2 aliphatic heterocycles. The molecule has 0 spiro atoms. The van der Waals surface area contributed by atoms with Gasteiger partial charge in [-0.2, -0.15) is 0 Å². The Morgan fingerprint density at radius 2 is 1.87 bits per heavy atom. The molecule has 2 aromatic heterocycles. The van der Waals surface area contributed by atoms with E-state index in [2.05, 4.69) is 36.9 Å². The van der Waals surface area contributed by atoms with E-state index >= 15 is 0 Å². The molecule has 2 atom stereocenters. The molecular weight excluding hydrogens is 290 g/mol. The fraction of sp³-hybridized carbons (Fsp3) is 0.471. The lowest BCUT2D eigenvalue weighted by Crippen LogP contribution is -2.49. The molecule has 0 unspecified atom stereocenters. The molecule has 0 saturated carbocycles. The molecule has 6 heteroatoms. The van der Waals surface area contributed by atoms with Crippen LogP contribution in [0.2, 0.25) is 0 Å². The largest absolute Gasteiger partial charge is 0.486 e. The molecule has 2 saturated heterocycles. The Morgan fingerprint density at radius 3 is 2.70 bits per heavy atom. The number of hydrogen-bond donors (Lipinski definition) is 0. The van der Waals surface area contributed by atoms with Crippen molar-refractivity contribution in [2.75, 3.05) is 26.2 Å². The highest BCUT2D eigenvalue weighted by molar-refractivity contribution is 5.12. The van der Waals surface area contributed by atoms with Crippen LogP contribution >= 0.6 is 0 Å². The number of pyridine rings is 1. The van der Waals surface area contributed by atoms with Crippen LogP contribution in [0.15, 0.2) is 43.2 Å². The Bertz CT molecular complexity index is 584. The number of ether oxygens (including phenoxy) is 1. The van der Waals surface area contributed by atoms with E-state index in [4.69, 9.17) is 4.74 Å². The van der Waals surface area contributed by atoms with Crippen molar-refractivity contribution < 1.29 is 4.74 Å². The Kier molecular flexibility index (Phi) is 4.17. The Morgan fingerprint density at radius 1 is 1.04 bits per heavy atom. The molecule has 2 aliphatic rings. The van der Waals surface area contributed by atoms with Gasteiger partial charge in [-0.05, 0) is 17.7 Å². The van der Waals surface area contributed by atoms with Crippen LogP contribution in [0.3, 0.4) is 0 Å². The molecule has 0 aliphatic carbocycles. The molecule has 23 heavy (non-hydrogen) atoms. The summed E-state index contributed by atoms with van der Waals surface area (Å²) in [5.41, 5.74) is 1.33. The van der Waals surface area contributed by atoms with Crippen LogP contribution in [0.4, 0.5) is 0 Å². The molecule has 0 radical (unpaired) electrons. The maximum absolute atomic E-state index is 6.03. The molecule has 0 N–H and O–H groups in total. The Balaban J connectivity index is 1.33. The van der Waals surface area contributed by atoms with Crippen molar-refractivity contribution in [3.8, 4) is 5.75 Å². The zero-order valence-corrected chi connectivity index (χ0v) is 13.1. The molecule has 0 aromatic carbocycles. The van der Waals surface area contributed by atoms with Crippen LogP contribution in [-0.2, 0) is 6.54 Å². The van der Waals surface area contributed by atoms with Gasteiger partial charge in [0.05, 0.1) is 12.4 Å². The van der Waals surface area contributed by atoms with Gasteiger partial charge in [-0.1, -0.05) is 0 Å². The number of rotatable bonds is 4. The first kappa shape index (κ1) is 14.5. The Labute approximate surface area is 136 Å². The van der Waals surface area contributed by atoms with Crippen molar-refractivity contribution in [1.29, 1.82) is 0 Å². The molecule has 120 valence electrons. The number of aromatic nitrogens is 3. The molecular formula is C17H21N5O. The van der Waals surface area contributed by atoms with Gasteiger partial charge in [0.2, 0.25) is 0 Å². The normalized spacial score (nSPS) is 25.2. The summed E-state index contributed by atoms with van der Waals surface area (Å²) in [5.74, 6) is 0.769. The highest BCUT2D eigenvalue weighted by Crippen LogP contribution is 2.25.